The van der Waals surface area contributed by atoms with Crippen molar-refractivity contribution in [3.05, 3.63) is 93.1 Å². The van der Waals surface area contributed by atoms with Crippen LogP contribution in [0.5, 0.6) is 0 Å². The summed E-state index contributed by atoms with van der Waals surface area (Å²) in [5.41, 5.74) is 3.14. The number of nitrogens with one attached hydrogen (secondary N) is 1. The van der Waals surface area contributed by atoms with Crippen molar-refractivity contribution < 1.29 is 9.21 Å². The molecule has 0 saturated heterocycles. The summed E-state index contributed by atoms with van der Waals surface area (Å²) in [5.74, 6) is 2.77. The van der Waals surface area contributed by atoms with E-state index in [2.05, 4.69) is 20.9 Å². The molecule has 4 bridgehead atoms. The maximum atomic E-state index is 14.6. The molecular weight excluding hydrogens is 566 g/mol. The van der Waals surface area contributed by atoms with Gasteiger partial charge in [0, 0.05) is 27.4 Å². The van der Waals surface area contributed by atoms with Crippen molar-refractivity contribution in [2.24, 2.45) is 28.3 Å². The van der Waals surface area contributed by atoms with Crippen molar-refractivity contribution >= 4 is 38.5 Å². The summed E-state index contributed by atoms with van der Waals surface area (Å²) in [6, 6.07) is 19.3. The van der Waals surface area contributed by atoms with Gasteiger partial charge in [0.1, 0.15) is 11.8 Å². The number of benzene rings is 2. The normalized spacial score (nSPS) is 28.8. The van der Waals surface area contributed by atoms with E-state index >= 15 is 0 Å². The standard InChI is InChI=1S/C33H30BrN3O3/c34-23-8-9-25-24(14-23)29(22-5-2-1-3-6-22)30(31(38)35-25)26-15-27(28-7-4-10-40-28)37(36-26)32(39)33-16-19-11-20(17-33)13-21(12-19)18-33/h1-10,14,19-21,27H,11-13,15-18H2,(H,35,38). The molecular formula is C33H30BrN3O3. The quantitative estimate of drug-likeness (QED) is 0.266. The average molecular weight is 597 g/mol. The molecule has 40 heavy (non-hydrogen) atoms. The molecule has 1 atom stereocenters. The number of hydrogen-bond donors (Lipinski definition) is 1. The van der Waals surface area contributed by atoms with Crippen molar-refractivity contribution in [2.45, 2.75) is 51.0 Å². The molecule has 4 aliphatic carbocycles. The van der Waals surface area contributed by atoms with Crippen LogP contribution in [0.4, 0.5) is 0 Å². The molecule has 4 saturated carbocycles. The summed E-state index contributed by atoms with van der Waals surface area (Å²) >= 11 is 3.62. The molecule has 3 heterocycles. The number of aromatic amines is 1. The van der Waals surface area contributed by atoms with E-state index in [0.717, 1.165) is 45.8 Å². The molecule has 0 radical (unpaired) electrons. The number of fused-ring (bicyclic) bond motifs is 1. The highest BCUT2D eigenvalue weighted by Crippen LogP contribution is 2.61. The zero-order valence-corrected chi connectivity index (χ0v) is 23.7. The molecule has 7 heteroatoms. The van der Waals surface area contributed by atoms with Crippen molar-refractivity contribution in [3.63, 3.8) is 0 Å². The van der Waals surface area contributed by atoms with Crippen LogP contribution in [-0.2, 0) is 4.79 Å². The second-order valence-corrected chi connectivity index (χ2v) is 13.3. The minimum Gasteiger partial charge on any atom is -0.467 e. The number of furan rings is 1. The maximum Gasteiger partial charge on any atom is 0.258 e. The van der Waals surface area contributed by atoms with Gasteiger partial charge in [-0.15, -0.1) is 0 Å². The van der Waals surface area contributed by atoms with E-state index in [1.54, 1.807) is 11.3 Å². The highest BCUT2D eigenvalue weighted by atomic mass is 79.9. The molecule has 5 aliphatic rings. The van der Waals surface area contributed by atoms with Gasteiger partial charge in [0.15, 0.2) is 0 Å². The first-order valence-corrected chi connectivity index (χ1v) is 15.1. The van der Waals surface area contributed by atoms with Gasteiger partial charge in [-0.1, -0.05) is 46.3 Å². The number of carbonyl (C=O) groups is 1. The van der Waals surface area contributed by atoms with Gasteiger partial charge in [-0.25, -0.2) is 5.01 Å². The number of H-pyrrole nitrogens is 1. The van der Waals surface area contributed by atoms with Gasteiger partial charge < -0.3 is 9.40 Å². The maximum absolute atomic E-state index is 14.6. The van der Waals surface area contributed by atoms with Gasteiger partial charge in [0.25, 0.3) is 5.56 Å². The first-order valence-electron chi connectivity index (χ1n) is 14.3. The van der Waals surface area contributed by atoms with Crippen LogP contribution in [0.1, 0.15) is 62.3 Å². The second kappa shape index (κ2) is 9.03. The Balaban J connectivity index is 1.30. The van der Waals surface area contributed by atoms with Crippen LogP contribution in [-0.4, -0.2) is 21.6 Å². The number of carbonyl (C=O) groups excluding carboxylic acids is 1. The average Bonchev–Trinajstić information content (AvgIpc) is 3.62. The second-order valence-electron chi connectivity index (χ2n) is 12.4. The molecule has 1 amide bonds. The third-order valence-corrected chi connectivity index (χ3v) is 10.3. The molecule has 6 nitrogen and oxygen atoms in total. The fourth-order valence-corrected chi connectivity index (χ4v) is 8.97. The van der Waals surface area contributed by atoms with Crippen molar-refractivity contribution in [1.29, 1.82) is 0 Å². The fourth-order valence-electron chi connectivity index (χ4n) is 8.61. The van der Waals surface area contributed by atoms with E-state index in [9.17, 15) is 9.59 Å². The van der Waals surface area contributed by atoms with Gasteiger partial charge >= 0.3 is 0 Å². The SMILES string of the molecule is O=C(N1N=C(c2c(-c3ccccc3)c3cc(Br)ccc3[nH]c2=O)CC1c1ccco1)C12CC3CC(CC(C3)C1)C2. The number of rotatable bonds is 4. The molecule has 2 aromatic carbocycles. The van der Waals surface area contributed by atoms with Gasteiger partial charge in [0.05, 0.1) is 23.0 Å². The van der Waals surface area contributed by atoms with E-state index in [-0.39, 0.29) is 22.9 Å². The first kappa shape index (κ1) is 24.4. The fraction of sp³-hybridized carbons (Fsp3) is 0.364. The highest BCUT2D eigenvalue weighted by molar-refractivity contribution is 9.10. The molecule has 1 unspecified atom stereocenters. The third kappa shape index (κ3) is 3.77. The molecule has 202 valence electrons. The predicted octanol–water partition coefficient (Wildman–Crippen LogP) is 7.44. The van der Waals surface area contributed by atoms with Crippen molar-refractivity contribution in [1.82, 2.24) is 9.99 Å². The highest BCUT2D eigenvalue weighted by Gasteiger charge is 2.57. The topological polar surface area (TPSA) is 78.7 Å². The molecule has 2 aromatic heterocycles. The lowest BCUT2D eigenvalue weighted by atomic mass is 9.49. The monoisotopic (exact) mass is 595 g/mol. The van der Waals surface area contributed by atoms with E-state index in [4.69, 9.17) is 9.52 Å². The molecule has 4 fully saturated rings. The Hall–Kier alpha value is -3.45. The lowest BCUT2D eigenvalue weighted by Crippen LogP contribution is -2.53. The van der Waals surface area contributed by atoms with E-state index in [1.165, 1.54) is 19.3 Å². The smallest absolute Gasteiger partial charge is 0.258 e. The Morgan fingerprint density at radius 3 is 2.35 bits per heavy atom. The number of amides is 1. The summed E-state index contributed by atoms with van der Waals surface area (Å²) in [6.45, 7) is 0. The van der Waals surface area contributed by atoms with Gasteiger partial charge in [-0.3, -0.25) is 9.59 Å². The van der Waals surface area contributed by atoms with Crippen LogP contribution >= 0.6 is 15.9 Å². The Morgan fingerprint density at radius 1 is 0.950 bits per heavy atom. The van der Waals surface area contributed by atoms with E-state index in [1.807, 2.05) is 60.7 Å². The summed E-state index contributed by atoms with van der Waals surface area (Å²) < 4.78 is 6.80. The third-order valence-electron chi connectivity index (χ3n) is 9.81. The minimum atomic E-state index is -0.369. The zero-order chi connectivity index (χ0) is 27.0. The van der Waals surface area contributed by atoms with Crippen LogP contribution < -0.4 is 5.56 Å². The molecule has 1 N–H and O–H groups in total. The number of aromatic nitrogens is 1. The van der Waals surface area contributed by atoms with Gasteiger partial charge in [-0.05, 0) is 92.2 Å². The lowest BCUT2D eigenvalue weighted by Gasteiger charge is -2.56. The Bertz CT molecular complexity index is 1690. The summed E-state index contributed by atoms with van der Waals surface area (Å²) in [4.78, 5) is 31.5. The van der Waals surface area contributed by atoms with E-state index < -0.39 is 0 Å². The largest absolute Gasteiger partial charge is 0.467 e. The van der Waals surface area contributed by atoms with Gasteiger partial charge in [0.2, 0.25) is 5.91 Å². The minimum absolute atomic E-state index is 0.115. The molecule has 4 aromatic rings. The summed E-state index contributed by atoms with van der Waals surface area (Å²) in [7, 11) is 0. The van der Waals surface area contributed by atoms with Crippen LogP contribution in [0, 0.1) is 23.2 Å². The predicted molar refractivity (Wildman–Crippen MR) is 158 cm³/mol. The first-order chi connectivity index (χ1) is 19.5. The van der Waals surface area contributed by atoms with Crippen LogP contribution in [0.15, 0.2) is 85.7 Å². The Labute approximate surface area is 240 Å². The van der Waals surface area contributed by atoms with Crippen LogP contribution in [0.3, 0.4) is 0 Å². The van der Waals surface area contributed by atoms with Crippen molar-refractivity contribution in [3.8, 4) is 11.1 Å². The number of hydrogen-bond acceptors (Lipinski definition) is 4. The number of halogens is 1. The van der Waals surface area contributed by atoms with Crippen LogP contribution in [0.25, 0.3) is 22.0 Å². The Morgan fingerprint density at radius 2 is 1.68 bits per heavy atom. The number of nitrogens with zero attached hydrogens (tertiary/aromatic N) is 2. The molecule has 9 rings (SSSR count). The number of hydrazone groups is 1. The van der Waals surface area contributed by atoms with Gasteiger partial charge in [-0.2, -0.15) is 5.10 Å². The molecule has 1 aliphatic heterocycles. The summed E-state index contributed by atoms with van der Waals surface area (Å²) in [5, 5.41) is 7.66. The lowest BCUT2D eigenvalue weighted by molar-refractivity contribution is -0.160. The Kier molecular flexibility index (Phi) is 5.50. The van der Waals surface area contributed by atoms with Crippen molar-refractivity contribution in [2.75, 3.05) is 0 Å². The summed E-state index contributed by atoms with van der Waals surface area (Å²) in [6.07, 6.45) is 8.77. The van der Waals surface area contributed by atoms with Crippen LogP contribution in [0.2, 0.25) is 0 Å². The zero-order valence-electron chi connectivity index (χ0n) is 22.1. The van der Waals surface area contributed by atoms with E-state index in [0.29, 0.717) is 41.2 Å². The number of pyridine rings is 1. The molecule has 0 spiro atoms.